The first-order chi connectivity index (χ1) is 10.7. The summed E-state index contributed by atoms with van der Waals surface area (Å²) in [5, 5.41) is 0.735. The van der Waals surface area contributed by atoms with Crippen molar-refractivity contribution in [3.05, 3.63) is 70.7 Å². The van der Waals surface area contributed by atoms with Gasteiger partial charge in [-0.05, 0) is 29.7 Å². The second-order valence-electron chi connectivity index (χ2n) is 6.04. The van der Waals surface area contributed by atoms with Gasteiger partial charge in [-0.3, -0.25) is 4.90 Å². The van der Waals surface area contributed by atoms with E-state index in [9.17, 15) is 4.79 Å². The monoisotopic (exact) mass is 313 g/mol. The minimum atomic E-state index is -0.208. The van der Waals surface area contributed by atoms with Crippen LogP contribution >= 0.6 is 11.6 Å². The smallest absolute Gasteiger partial charge is 0.410 e. The number of halogens is 1. The Labute approximate surface area is 134 Å². The predicted molar refractivity (Wildman–Crippen MR) is 84.9 cm³/mol. The molecule has 1 aliphatic heterocycles. The fraction of sp³-hybridized carbons (Fsp3) is 0.278. The van der Waals surface area contributed by atoms with E-state index in [1.165, 1.54) is 5.56 Å². The first-order valence-corrected chi connectivity index (χ1v) is 7.81. The number of benzene rings is 2. The van der Waals surface area contributed by atoms with Crippen LogP contribution in [0.15, 0.2) is 54.6 Å². The second kappa shape index (κ2) is 5.03. The van der Waals surface area contributed by atoms with Gasteiger partial charge in [-0.25, -0.2) is 4.79 Å². The van der Waals surface area contributed by atoms with Gasteiger partial charge in [0.25, 0.3) is 0 Å². The topological polar surface area (TPSA) is 29.5 Å². The molecule has 112 valence electrons. The van der Waals surface area contributed by atoms with Crippen molar-refractivity contribution in [3.63, 3.8) is 0 Å². The first-order valence-electron chi connectivity index (χ1n) is 7.43. The van der Waals surface area contributed by atoms with E-state index in [1.807, 2.05) is 59.5 Å². The zero-order valence-electron chi connectivity index (χ0n) is 12.0. The summed E-state index contributed by atoms with van der Waals surface area (Å²) in [5.41, 5.74) is 2.17. The van der Waals surface area contributed by atoms with Gasteiger partial charge in [0.05, 0.1) is 5.54 Å². The number of cyclic esters (lactones) is 1. The Bertz CT molecular complexity index is 701. The standard InChI is InChI=1S/C18H16ClNO2/c19-15-8-6-14(7-9-15)16-10-18(16)12-22-17(21)20(18)11-13-4-2-1-3-5-13/h1-9,16H,10-12H2/t16-,18-/m0/s1. The molecule has 2 aromatic carbocycles. The molecule has 0 N–H and O–H groups in total. The summed E-state index contributed by atoms with van der Waals surface area (Å²) < 4.78 is 5.35. The van der Waals surface area contributed by atoms with E-state index in [4.69, 9.17) is 16.3 Å². The summed E-state index contributed by atoms with van der Waals surface area (Å²) in [4.78, 5) is 14.0. The number of hydrogen-bond acceptors (Lipinski definition) is 2. The van der Waals surface area contributed by atoms with Crippen molar-refractivity contribution in [1.82, 2.24) is 4.90 Å². The third kappa shape index (κ3) is 2.17. The molecular weight excluding hydrogens is 298 g/mol. The van der Waals surface area contributed by atoms with Gasteiger partial charge in [-0.1, -0.05) is 54.1 Å². The zero-order chi connectivity index (χ0) is 15.2. The first kappa shape index (κ1) is 13.6. The summed E-state index contributed by atoms with van der Waals surface area (Å²) in [6.45, 7) is 1.08. The fourth-order valence-corrected chi connectivity index (χ4v) is 3.51. The molecule has 2 aliphatic rings. The molecule has 1 heterocycles. The van der Waals surface area contributed by atoms with Gasteiger partial charge < -0.3 is 4.74 Å². The Kier molecular flexibility index (Phi) is 3.12. The number of carbonyl (C=O) groups excluding carboxylic acids is 1. The average molecular weight is 314 g/mol. The highest BCUT2D eigenvalue weighted by Gasteiger charge is 2.64. The van der Waals surface area contributed by atoms with Gasteiger partial charge in [0.15, 0.2) is 0 Å². The van der Waals surface area contributed by atoms with E-state index >= 15 is 0 Å². The number of carbonyl (C=O) groups is 1. The van der Waals surface area contributed by atoms with Gasteiger partial charge in [0.1, 0.15) is 6.61 Å². The maximum atomic E-state index is 12.1. The predicted octanol–water partition coefficient (Wildman–Crippen LogP) is 4.22. The molecule has 2 atom stereocenters. The van der Waals surface area contributed by atoms with Gasteiger partial charge >= 0.3 is 6.09 Å². The third-order valence-electron chi connectivity index (χ3n) is 4.71. The van der Waals surface area contributed by atoms with E-state index in [0.717, 1.165) is 17.0 Å². The summed E-state index contributed by atoms with van der Waals surface area (Å²) in [6, 6.07) is 18.0. The molecule has 1 saturated heterocycles. The number of ether oxygens (including phenoxy) is 1. The number of hydrogen-bond donors (Lipinski definition) is 0. The molecule has 1 saturated carbocycles. The summed E-state index contributed by atoms with van der Waals surface area (Å²) >= 11 is 5.96. The molecule has 0 bridgehead atoms. The Morgan fingerprint density at radius 3 is 2.59 bits per heavy atom. The van der Waals surface area contributed by atoms with Gasteiger partial charge in [-0.2, -0.15) is 0 Å². The number of amides is 1. The molecule has 2 aromatic rings. The normalized spacial score (nSPS) is 26.3. The van der Waals surface area contributed by atoms with Crippen molar-refractivity contribution in [2.24, 2.45) is 0 Å². The van der Waals surface area contributed by atoms with Crippen LogP contribution in [0.3, 0.4) is 0 Å². The largest absolute Gasteiger partial charge is 0.447 e. The van der Waals surface area contributed by atoms with Crippen molar-refractivity contribution < 1.29 is 9.53 Å². The molecule has 1 aliphatic carbocycles. The molecular formula is C18H16ClNO2. The molecule has 1 amide bonds. The minimum absolute atomic E-state index is 0.180. The maximum Gasteiger partial charge on any atom is 0.410 e. The molecule has 2 fully saturated rings. The number of rotatable bonds is 3. The van der Waals surface area contributed by atoms with Crippen LogP contribution in [0.1, 0.15) is 23.5 Å². The minimum Gasteiger partial charge on any atom is -0.447 e. The third-order valence-corrected chi connectivity index (χ3v) is 4.96. The molecule has 22 heavy (non-hydrogen) atoms. The summed E-state index contributed by atoms with van der Waals surface area (Å²) in [7, 11) is 0. The quantitative estimate of drug-likeness (QED) is 0.849. The highest BCUT2D eigenvalue weighted by atomic mass is 35.5. The molecule has 1 spiro atoms. The Balaban J connectivity index is 1.59. The lowest BCUT2D eigenvalue weighted by molar-refractivity contribution is 0.155. The summed E-state index contributed by atoms with van der Waals surface area (Å²) in [6.07, 6.45) is 0.744. The van der Waals surface area contributed by atoms with Crippen molar-refractivity contribution in [3.8, 4) is 0 Å². The highest BCUT2D eigenvalue weighted by molar-refractivity contribution is 6.30. The lowest BCUT2D eigenvalue weighted by Gasteiger charge is -2.22. The van der Waals surface area contributed by atoms with E-state index in [0.29, 0.717) is 19.1 Å². The number of nitrogens with zero attached hydrogens (tertiary/aromatic N) is 1. The lowest BCUT2D eigenvalue weighted by atomic mass is 10.1. The van der Waals surface area contributed by atoms with Crippen LogP contribution in [-0.4, -0.2) is 23.1 Å². The van der Waals surface area contributed by atoms with Crippen molar-refractivity contribution in [2.75, 3.05) is 6.61 Å². The van der Waals surface area contributed by atoms with E-state index in [-0.39, 0.29) is 11.6 Å². The van der Waals surface area contributed by atoms with Crippen molar-refractivity contribution in [1.29, 1.82) is 0 Å². The van der Waals surface area contributed by atoms with E-state index < -0.39 is 0 Å². The molecule has 4 rings (SSSR count). The molecule has 3 nitrogen and oxygen atoms in total. The molecule has 4 heteroatoms. The van der Waals surface area contributed by atoms with Crippen LogP contribution < -0.4 is 0 Å². The van der Waals surface area contributed by atoms with Crippen LogP contribution in [0.25, 0.3) is 0 Å². The second-order valence-corrected chi connectivity index (χ2v) is 6.47. The molecule has 0 aromatic heterocycles. The van der Waals surface area contributed by atoms with Gasteiger partial charge in [-0.15, -0.1) is 0 Å². The van der Waals surface area contributed by atoms with Crippen LogP contribution in [0.2, 0.25) is 5.02 Å². The highest BCUT2D eigenvalue weighted by Crippen LogP contribution is 2.58. The summed E-state index contributed by atoms with van der Waals surface area (Å²) in [5.74, 6) is 0.333. The SMILES string of the molecule is O=C1OC[C@]2(C[C@H]2c2ccc(Cl)cc2)N1Cc1ccccc1. The van der Waals surface area contributed by atoms with Crippen LogP contribution in [0.4, 0.5) is 4.79 Å². The maximum absolute atomic E-state index is 12.1. The van der Waals surface area contributed by atoms with Gasteiger partial charge in [0, 0.05) is 17.5 Å². The fourth-order valence-electron chi connectivity index (χ4n) is 3.39. The van der Waals surface area contributed by atoms with Crippen LogP contribution in [-0.2, 0) is 11.3 Å². The zero-order valence-corrected chi connectivity index (χ0v) is 12.8. The van der Waals surface area contributed by atoms with Crippen molar-refractivity contribution in [2.45, 2.75) is 24.4 Å². The Morgan fingerprint density at radius 1 is 1.14 bits per heavy atom. The Hall–Kier alpha value is -2.00. The average Bonchev–Trinajstić information content (AvgIpc) is 3.19. The molecule has 0 radical (unpaired) electrons. The van der Waals surface area contributed by atoms with Crippen LogP contribution in [0, 0.1) is 0 Å². The van der Waals surface area contributed by atoms with Crippen LogP contribution in [0.5, 0.6) is 0 Å². The lowest BCUT2D eigenvalue weighted by Crippen LogP contribution is -2.36. The Morgan fingerprint density at radius 2 is 1.86 bits per heavy atom. The van der Waals surface area contributed by atoms with Gasteiger partial charge in [0.2, 0.25) is 0 Å². The molecule has 0 unspecified atom stereocenters. The van der Waals surface area contributed by atoms with E-state index in [2.05, 4.69) is 0 Å². The van der Waals surface area contributed by atoms with Crippen molar-refractivity contribution >= 4 is 17.7 Å². The van der Waals surface area contributed by atoms with E-state index in [1.54, 1.807) is 0 Å².